The zero-order valence-corrected chi connectivity index (χ0v) is 12.0. The molecule has 6 heteroatoms. The first-order valence-electron chi connectivity index (χ1n) is 5.97. The summed E-state index contributed by atoms with van der Waals surface area (Å²) in [5.41, 5.74) is 0.543. The van der Waals surface area contributed by atoms with Gasteiger partial charge in [-0.15, -0.1) is 11.3 Å². The van der Waals surface area contributed by atoms with Crippen molar-refractivity contribution in [3.05, 3.63) is 45.9 Å². The summed E-state index contributed by atoms with van der Waals surface area (Å²) in [5, 5.41) is 13.0. The third kappa shape index (κ3) is 3.81. The molecule has 1 amide bonds. The van der Waals surface area contributed by atoms with E-state index in [2.05, 4.69) is 17.2 Å². The Morgan fingerprint density at radius 2 is 2.29 bits per heavy atom. The predicted molar refractivity (Wildman–Crippen MR) is 79.2 cm³/mol. The quantitative estimate of drug-likeness (QED) is 0.857. The molecule has 4 nitrogen and oxygen atoms in total. The van der Waals surface area contributed by atoms with E-state index in [4.69, 9.17) is 9.84 Å². The molecule has 1 aromatic carbocycles. The minimum atomic E-state index is -0.508. The van der Waals surface area contributed by atoms with Crippen molar-refractivity contribution in [3.63, 3.8) is 0 Å². The van der Waals surface area contributed by atoms with Crippen molar-refractivity contribution in [2.45, 2.75) is 0 Å². The average Bonchev–Trinajstić information content (AvgIpc) is 2.97. The van der Waals surface area contributed by atoms with Crippen LogP contribution in [0.3, 0.4) is 0 Å². The third-order valence-corrected chi connectivity index (χ3v) is 3.47. The first-order chi connectivity index (χ1) is 10.1. The number of anilines is 1. The van der Waals surface area contributed by atoms with Crippen molar-refractivity contribution in [1.29, 1.82) is 0 Å². The van der Waals surface area contributed by atoms with Crippen LogP contribution in [0.4, 0.5) is 10.1 Å². The molecule has 0 saturated heterocycles. The van der Waals surface area contributed by atoms with Crippen molar-refractivity contribution < 1.29 is 19.0 Å². The Bertz CT molecular complexity index is 715. The van der Waals surface area contributed by atoms with Gasteiger partial charge in [0.05, 0.1) is 17.6 Å². The van der Waals surface area contributed by atoms with Crippen LogP contribution in [0, 0.1) is 17.7 Å². The van der Waals surface area contributed by atoms with Crippen LogP contribution >= 0.6 is 11.3 Å². The Morgan fingerprint density at radius 1 is 1.48 bits per heavy atom. The van der Waals surface area contributed by atoms with Crippen molar-refractivity contribution in [1.82, 2.24) is 0 Å². The maximum Gasteiger partial charge on any atom is 0.265 e. The molecule has 108 valence electrons. The van der Waals surface area contributed by atoms with Gasteiger partial charge in [0.1, 0.15) is 18.2 Å². The number of hydrogen-bond donors (Lipinski definition) is 2. The minimum Gasteiger partial charge on any atom is -0.496 e. The van der Waals surface area contributed by atoms with Crippen LogP contribution in [0.5, 0.6) is 5.75 Å². The Morgan fingerprint density at radius 3 is 2.95 bits per heavy atom. The molecule has 2 N–H and O–H groups in total. The smallest absolute Gasteiger partial charge is 0.265 e. The zero-order valence-electron chi connectivity index (χ0n) is 11.1. The monoisotopic (exact) mass is 305 g/mol. The van der Waals surface area contributed by atoms with Gasteiger partial charge < -0.3 is 15.2 Å². The molecule has 0 aliphatic heterocycles. The standard InChI is InChI=1S/C15H12FNO3S/c1-20-12-8-14(21-9-12)15(19)17-11-4-5-13(16)10(7-11)3-2-6-18/h4-5,7-9,18H,6H2,1H3,(H,17,19). The molecule has 0 radical (unpaired) electrons. The van der Waals surface area contributed by atoms with E-state index < -0.39 is 5.82 Å². The third-order valence-electron chi connectivity index (χ3n) is 2.56. The lowest BCUT2D eigenvalue weighted by molar-refractivity contribution is 0.103. The topological polar surface area (TPSA) is 58.6 Å². The Hall–Kier alpha value is -2.36. The molecule has 2 rings (SSSR count). The second-order valence-electron chi connectivity index (χ2n) is 3.96. The lowest BCUT2D eigenvalue weighted by atomic mass is 10.2. The minimum absolute atomic E-state index is 0.116. The van der Waals surface area contributed by atoms with Gasteiger partial charge in [-0.25, -0.2) is 4.39 Å². The van der Waals surface area contributed by atoms with Gasteiger partial charge in [-0.1, -0.05) is 11.8 Å². The predicted octanol–water partition coefficient (Wildman–Crippen LogP) is 2.49. The Labute approximate surface area is 125 Å². The molecule has 2 aromatic rings. The molecule has 0 bridgehead atoms. The van der Waals surface area contributed by atoms with Crippen LogP contribution in [-0.4, -0.2) is 24.7 Å². The van der Waals surface area contributed by atoms with Gasteiger partial charge in [-0.05, 0) is 18.2 Å². The van der Waals surface area contributed by atoms with Gasteiger partial charge in [0, 0.05) is 17.1 Å². The van der Waals surface area contributed by atoms with E-state index in [1.54, 1.807) is 11.4 Å². The summed E-state index contributed by atoms with van der Waals surface area (Å²) in [6, 6.07) is 5.70. The van der Waals surface area contributed by atoms with Crippen LogP contribution in [0.2, 0.25) is 0 Å². The number of ether oxygens (including phenoxy) is 1. The lowest BCUT2D eigenvalue weighted by Crippen LogP contribution is -2.10. The van der Waals surface area contributed by atoms with Crippen molar-refractivity contribution in [3.8, 4) is 17.6 Å². The number of aliphatic hydroxyl groups is 1. The molecule has 0 aliphatic carbocycles. The van der Waals surface area contributed by atoms with Gasteiger partial charge in [0.2, 0.25) is 0 Å². The summed E-state index contributed by atoms with van der Waals surface area (Å²) in [7, 11) is 1.52. The highest BCUT2D eigenvalue weighted by Crippen LogP contribution is 2.22. The molecular formula is C15H12FNO3S. The highest BCUT2D eigenvalue weighted by Gasteiger charge is 2.11. The van der Waals surface area contributed by atoms with E-state index in [9.17, 15) is 9.18 Å². The van der Waals surface area contributed by atoms with Crippen LogP contribution in [0.25, 0.3) is 0 Å². The van der Waals surface area contributed by atoms with Crippen molar-refractivity contribution >= 4 is 22.9 Å². The molecule has 0 atom stereocenters. The van der Waals surface area contributed by atoms with Crippen molar-refractivity contribution in [2.75, 3.05) is 19.0 Å². The van der Waals surface area contributed by atoms with E-state index in [-0.39, 0.29) is 18.1 Å². The summed E-state index contributed by atoms with van der Waals surface area (Å²) >= 11 is 1.25. The molecule has 0 aliphatic rings. The van der Waals surface area contributed by atoms with Gasteiger partial charge in [0.25, 0.3) is 5.91 Å². The van der Waals surface area contributed by atoms with E-state index in [1.165, 1.54) is 36.6 Å². The lowest BCUT2D eigenvalue weighted by Gasteiger charge is -2.04. The number of nitrogens with one attached hydrogen (secondary N) is 1. The number of thiophene rings is 1. The number of methoxy groups -OCH3 is 1. The maximum atomic E-state index is 13.5. The summed E-state index contributed by atoms with van der Waals surface area (Å²) in [6.07, 6.45) is 0. The van der Waals surface area contributed by atoms with Crippen LogP contribution in [0.1, 0.15) is 15.2 Å². The number of benzene rings is 1. The number of carbonyl (C=O) groups excluding carboxylic acids is 1. The van der Waals surface area contributed by atoms with Gasteiger partial charge in [-0.3, -0.25) is 4.79 Å². The molecule has 1 aromatic heterocycles. The van der Waals surface area contributed by atoms with E-state index >= 15 is 0 Å². The second-order valence-corrected chi connectivity index (χ2v) is 4.87. The van der Waals surface area contributed by atoms with Crippen LogP contribution in [-0.2, 0) is 0 Å². The number of hydrogen-bond acceptors (Lipinski definition) is 4. The fourth-order valence-corrected chi connectivity index (χ4v) is 2.32. The SMILES string of the molecule is COc1csc(C(=O)Nc2ccc(F)c(C#CCO)c2)c1. The van der Waals surface area contributed by atoms with Crippen LogP contribution < -0.4 is 10.1 Å². The number of rotatable bonds is 3. The molecule has 0 fully saturated rings. The van der Waals surface area contributed by atoms with Gasteiger partial charge >= 0.3 is 0 Å². The maximum absolute atomic E-state index is 13.5. The zero-order chi connectivity index (χ0) is 15.2. The summed E-state index contributed by atoms with van der Waals surface area (Å²) in [4.78, 5) is 12.5. The first-order valence-corrected chi connectivity index (χ1v) is 6.85. The molecular weight excluding hydrogens is 293 g/mol. The van der Waals surface area contributed by atoms with Gasteiger partial charge in [-0.2, -0.15) is 0 Å². The second kappa shape index (κ2) is 6.88. The molecule has 1 heterocycles. The Kier molecular flexibility index (Phi) is 4.93. The Balaban J connectivity index is 2.17. The number of halogens is 1. The number of aliphatic hydroxyl groups excluding tert-OH is 1. The van der Waals surface area contributed by atoms with E-state index in [0.29, 0.717) is 16.3 Å². The molecule has 0 saturated carbocycles. The highest BCUT2D eigenvalue weighted by molar-refractivity contribution is 7.12. The van der Waals surface area contributed by atoms with Crippen LogP contribution in [0.15, 0.2) is 29.6 Å². The van der Waals surface area contributed by atoms with Gasteiger partial charge in [0.15, 0.2) is 0 Å². The number of carbonyl (C=O) groups is 1. The fourth-order valence-electron chi connectivity index (χ4n) is 1.57. The molecule has 0 unspecified atom stereocenters. The highest BCUT2D eigenvalue weighted by atomic mass is 32.1. The summed E-state index contributed by atoms with van der Waals surface area (Å²) < 4.78 is 18.5. The molecule has 21 heavy (non-hydrogen) atoms. The number of amides is 1. The van der Waals surface area contributed by atoms with E-state index in [0.717, 1.165) is 0 Å². The average molecular weight is 305 g/mol. The molecule has 0 spiro atoms. The normalized spacial score (nSPS) is 9.67. The first kappa shape index (κ1) is 15.0. The van der Waals surface area contributed by atoms with E-state index in [1.807, 2.05) is 0 Å². The fraction of sp³-hybridized carbons (Fsp3) is 0.133. The van der Waals surface area contributed by atoms with Crippen molar-refractivity contribution in [2.24, 2.45) is 0 Å². The summed E-state index contributed by atoms with van der Waals surface area (Å²) in [5.74, 6) is 4.65. The largest absolute Gasteiger partial charge is 0.496 e. The summed E-state index contributed by atoms with van der Waals surface area (Å²) in [6.45, 7) is -0.356.